The molecule has 1 aliphatic rings. The van der Waals surface area contributed by atoms with Crippen molar-refractivity contribution in [1.29, 1.82) is 0 Å². The Morgan fingerprint density at radius 1 is 1.22 bits per heavy atom. The van der Waals surface area contributed by atoms with Crippen molar-refractivity contribution in [3.05, 3.63) is 40.2 Å². The Balaban J connectivity index is 1.99. The van der Waals surface area contributed by atoms with Crippen LogP contribution in [-0.2, 0) is 6.54 Å². The number of nitrogens with one attached hydrogen (secondary N) is 1. The molecule has 1 fully saturated rings. The van der Waals surface area contributed by atoms with Crippen molar-refractivity contribution >= 4 is 16.6 Å². The largest absolute Gasteiger partial charge is 0.399 e. The Bertz CT molecular complexity index is 626. The highest BCUT2D eigenvalue weighted by Gasteiger charge is 2.12. The number of pyridine rings is 1. The van der Waals surface area contributed by atoms with E-state index >= 15 is 0 Å². The van der Waals surface area contributed by atoms with Crippen molar-refractivity contribution < 1.29 is 0 Å². The number of likely N-dealkylation sites (tertiary alicyclic amines) is 1. The summed E-state index contributed by atoms with van der Waals surface area (Å²) in [5.41, 5.74) is 8.23. The maximum atomic E-state index is 12.0. The lowest BCUT2D eigenvalue weighted by Crippen LogP contribution is -2.20. The van der Waals surface area contributed by atoms with Crippen molar-refractivity contribution in [2.75, 3.05) is 18.8 Å². The molecule has 94 valence electrons. The van der Waals surface area contributed by atoms with Crippen LogP contribution in [0.1, 0.15) is 18.5 Å². The van der Waals surface area contributed by atoms with Crippen molar-refractivity contribution in [1.82, 2.24) is 9.88 Å². The maximum absolute atomic E-state index is 12.0. The van der Waals surface area contributed by atoms with Gasteiger partial charge >= 0.3 is 0 Å². The minimum Gasteiger partial charge on any atom is -0.399 e. The second-order valence-corrected chi connectivity index (χ2v) is 4.95. The van der Waals surface area contributed by atoms with E-state index in [9.17, 15) is 4.79 Å². The topological polar surface area (TPSA) is 62.1 Å². The molecule has 1 aromatic carbocycles. The fourth-order valence-electron chi connectivity index (χ4n) is 2.59. The van der Waals surface area contributed by atoms with Gasteiger partial charge < -0.3 is 10.7 Å². The molecule has 0 radical (unpaired) electrons. The van der Waals surface area contributed by atoms with Crippen molar-refractivity contribution in [2.24, 2.45) is 0 Å². The van der Waals surface area contributed by atoms with E-state index in [1.807, 2.05) is 12.1 Å². The first kappa shape index (κ1) is 11.3. The molecule has 4 nitrogen and oxygen atoms in total. The molecule has 0 aliphatic carbocycles. The van der Waals surface area contributed by atoms with E-state index in [1.165, 1.54) is 12.8 Å². The zero-order valence-corrected chi connectivity index (χ0v) is 10.3. The van der Waals surface area contributed by atoms with Crippen LogP contribution in [0, 0.1) is 0 Å². The molecule has 0 unspecified atom stereocenters. The second-order valence-electron chi connectivity index (χ2n) is 4.95. The van der Waals surface area contributed by atoms with E-state index in [0.29, 0.717) is 11.1 Å². The third-order valence-corrected chi connectivity index (χ3v) is 3.50. The Labute approximate surface area is 105 Å². The number of hydrogen-bond acceptors (Lipinski definition) is 3. The average Bonchev–Trinajstić information content (AvgIpc) is 2.83. The van der Waals surface area contributed by atoms with Gasteiger partial charge in [-0.3, -0.25) is 9.69 Å². The van der Waals surface area contributed by atoms with Crippen LogP contribution in [0.4, 0.5) is 5.69 Å². The predicted molar refractivity (Wildman–Crippen MR) is 73.5 cm³/mol. The first-order valence-corrected chi connectivity index (χ1v) is 6.36. The number of nitrogen functional groups attached to an aromatic ring is 1. The first-order chi connectivity index (χ1) is 8.72. The molecular formula is C14H17N3O. The van der Waals surface area contributed by atoms with Crippen LogP contribution in [0.5, 0.6) is 0 Å². The number of hydrogen-bond donors (Lipinski definition) is 2. The first-order valence-electron chi connectivity index (χ1n) is 6.36. The quantitative estimate of drug-likeness (QED) is 0.789. The molecule has 0 bridgehead atoms. The van der Waals surface area contributed by atoms with Crippen LogP contribution in [0.2, 0.25) is 0 Å². The number of nitrogens with zero attached hydrogens (tertiary/aromatic N) is 1. The summed E-state index contributed by atoms with van der Waals surface area (Å²) < 4.78 is 0. The van der Waals surface area contributed by atoms with Gasteiger partial charge in [0, 0.05) is 34.9 Å². The lowest BCUT2D eigenvalue weighted by molar-refractivity contribution is 0.327. The van der Waals surface area contributed by atoms with Crippen LogP contribution in [0.15, 0.2) is 29.1 Å². The molecular weight excluding hydrogens is 226 g/mol. The SMILES string of the molecule is Nc1ccc2[nH]c(CN3CCCC3)cc(=O)c2c1. The minimum atomic E-state index is 0.0465. The van der Waals surface area contributed by atoms with Gasteiger partial charge in [-0.15, -0.1) is 0 Å². The second kappa shape index (κ2) is 4.46. The minimum absolute atomic E-state index is 0.0465. The number of benzene rings is 1. The number of aromatic nitrogens is 1. The number of rotatable bonds is 2. The Hall–Kier alpha value is -1.81. The zero-order chi connectivity index (χ0) is 12.5. The van der Waals surface area contributed by atoms with E-state index in [0.717, 1.165) is 30.8 Å². The van der Waals surface area contributed by atoms with Crippen molar-refractivity contribution in [2.45, 2.75) is 19.4 Å². The third-order valence-electron chi connectivity index (χ3n) is 3.50. The highest BCUT2D eigenvalue weighted by Crippen LogP contribution is 2.15. The van der Waals surface area contributed by atoms with Gasteiger partial charge in [0.25, 0.3) is 0 Å². The molecule has 2 heterocycles. The Morgan fingerprint density at radius 3 is 2.78 bits per heavy atom. The highest BCUT2D eigenvalue weighted by molar-refractivity contribution is 5.81. The van der Waals surface area contributed by atoms with Crippen LogP contribution in [-0.4, -0.2) is 23.0 Å². The summed E-state index contributed by atoms with van der Waals surface area (Å²) in [6.07, 6.45) is 2.52. The molecule has 0 saturated carbocycles. The van der Waals surface area contributed by atoms with E-state index < -0.39 is 0 Å². The fraction of sp³-hybridized carbons (Fsp3) is 0.357. The van der Waals surface area contributed by atoms with Gasteiger partial charge in [-0.25, -0.2) is 0 Å². The normalized spacial score (nSPS) is 16.4. The lowest BCUT2D eigenvalue weighted by atomic mass is 10.1. The summed E-state index contributed by atoms with van der Waals surface area (Å²) in [7, 11) is 0. The zero-order valence-electron chi connectivity index (χ0n) is 10.3. The summed E-state index contributed by atoms with van der Waals surface area (Å²) in [6, 6.07) is 7.12. The smallest absolute Gasteiger partial charge is 0.189 e. The number of H-pyrrole nitrogens is 1. The average molecular weight is 243 g/mol. The van der Waals surface area contributed by atoms with Gasteiger partial charge in [0.1, 0.15) is 0 Å². The standard InChI is InChI=1S/C14H17N3O/c15-10-3-4-13-12(7-10)14(18)8-11(16-13)9-17-5-1-2-6-17/h3-4,7-8H,1-2,5-6,9,15H2,(H,16,18). The molecule has 0 amide bonds. The maximum Gasteiger partial charge on any atom is 0.189 e. The van der Waals surface area contributed by atoms with Crippen LogP contribution >= 0.6 is 0 Å². The monoisotopic (exact) mass is 243 g/mol. The van der Waals surface area contributed by atoms with Crippen molar-refractivity contribution in [3.63, 3.8) is 0 Å². The van der Waals surface area contributed by atoms with Crippen LogP contribution < -0.4 is 11.2 Å². The highest BCUT2D eigenvalue weighted by atomic mass is 16.1. The summed E-state index contributed by atoms with van der Waals surface area (Å²) in [4.78, 5) is 17.7. The van der Waals surface area contributed by atoms with Gasteiger partial charge in [-0.1, -0.05) is 0 Å². The fourth-order valence-corrected chi connectivity index (χ4v) is 2.59. The van der Waals surface area contributed by atoms with Crippen molar-refractivity contribution in [3.8, 4) is 0 Å². The molecule has 0 atom stereocenters. The number of nitrogens with two attached hydrogens (primary N) is 1. The molecule has 18 heavy (non-hydrogen) atoms. The molecule has 1 saturated heterocycles. The Kier molecular flexibility index (Phi) is 2.80. The molecule has 3 rings (SSSR count). The Morgan fingerprint density at radius 2 is 2.00 bits per heavy atom. The number of fused-ring (bicyclic) bond motifs is 1. The summed E-state index contributed by atoms with van der Waals surface area (Å²) >= 11 is 0. The predicted octanol–water partition coefficient (Wildman–Crippen LogP) is 1.71. The van der Waals surface area contributed by atoms with Gasteiger partial charge in [0.05, 0.1) is 0 Å². The molecule has 1 aliphatic heterocycles. The third kappa shape index (κ3) is 2.11. The van der Waals surface area contributed by atoms with E-state index in [2.05, 4.69) is 9.88 Å². The van der Waals surface area contributed by atoms with Gasteiger partial charge in [0.2, 0.25) is 0 Å². The summed E-state index contributed by atoms with van der Waals surface area (Å²) in [5, 5.41) is 0.667. The molecule has 2 aromatic rings. The van der Waals surface area contributed by atoms with Gasteiger partial charge in [0.15, 0.2) is 5.43 Å². The van der Waals surface area contributed by atoms with Gasteiger partial charge in [-0.2, -0.15) is 0 Å². The van der Waals surface area contributed by atoms with E-state index in [-0.39, 0.29) is 5.43 Å². The van der Waals surface area contributed by atoms with Crippen LogP contribution in [0.3, 0.4) is 0 Å². The molecule has 4 heteroatoms. The summed E-state index contributed by atoms with van der Waals surface area (Å²) in [6.45, 7) is 3.08. The number of anilines is 1. The summed E-state index contributed by atoms with van der Waals surface area (Å²) in [5.74, 6) is 0. The lowest BCUT2D eigenvalue weighted by Gasteiger charge is -2.14. The molecule has 3 N–H and O–H groups in total. The number of aromatic amines is 1. The molecule has 0 spiro atoms. The molecule has 1 aromatic heterocycles. The van der Waals surface area contributed by atoms with Crippen LogP contribution in [0.25, 0.3) is 10.9 Å². The van der Waals surface area contributed by atoms with E-state index in [1.54, 1.807) is 12.1 Å². The van der Waals surface area contributed by atoms with Gasteiger partial charge in [-0.05, 0) is 44.1 Å². The van der Waals surface area contributed by atoms with E-state index in [4.69, 9.17) is 5.73 Å².